The number of hydrogen-bond acceptors (Lipinski definition) is 3. The van der Waals surface area contributed by atoms with Crippen LogP contribution in [0.15, 0.2) is 18.2 Å². The van der Waals surface area contributed by atoms with Gasteiger partial charge in [0.15, 0.2) is 0 Å². The van der Waals surface area contributed by atoms with Crippen LogP contribution in [0.5, 0.6) is 0 Å². The molecule has 1 heterocycles. The second-order valence-corrected chi connectivity index (χ2v) is 5.48. The summed E-state index contributed by atoms with van der Waals surface area (Å²) >= 11 is 5.92. The zero-order chi connectivity index (χ0) is 13.8. The number of carbonyl (C=O) groups is 1. The van der Waals surface area contributed by atoms with E-state index >= 15 is 0 Å². The molecule has 2 rings (SSSR count). The summed E-state index contributed by atoms with van der Waals surface area (Å²) in [5, 5.41) is 13.0. The lowest BCUT2D eigenvalue weighted by atomic mass is 10.1. The van der Waals surface area contributed by atoms with Crippen LogP contribution in [0.1, 0.15) is 18.4 Å². The summed E-state index contributed by atoms with van der Waals surface area (Å²) in [5.41, 5.74) is 1.73. The molecular weight excluding hydrogens is 264 g/mol. The second-order valence-electron chi connectivity index (χ2n) is 5.04. The largest absolute Gasteiger partial charge is 0.392 e. The molecule has 1 saturated heterocycles. The fourth-order valence-corrected chi connectivity index (χ4v) is 2.47. The van der Waals surface area contributed by atoms with E-state index in [4.69, 9.17) is 11.6 Å². The molecule has 4 nitrogen and oxygen atoms in total. The van der Waals surface area contributed by atoms with Crippen molar-refractivity contribution in [2.75, 3.05) is 25.0 Å². The van der Waals surface area contributed by atoms with E-state index in [2.05, 4.69) is 5.32 Å². The lowest BCUT2D eigenvalue weighted by Gasteiger charge is -2.29. The molecule has 2 N–H and O–H groups in total. The minimum atomic E-state index is -0.311. The van der Waals surface area contributed by atoms with Gasteiger partial charge in [0, 0.05) is 17.3 Å². The molecular formula is C14H19ClN2O2. The van der Waals surface area contributed by atoms with Crippen molar-refractivity contribution in [3.05, 3.63) is 28.8 Å². The zero-order valence-electron chi connectivity index (χ0n) is 11.0. The number of amides is 1. The van der Waals surface area contributed by atoms with Gasteiger partial charge in [-0.15, -0.1) is 0 Å². The predicted octanol–water partition coefficient (Wildman–Crippen LogP) is 2.04. The number of anilines is 1. The van der Waals surface area contributed by atoms with Crippen LogP contribution in [0.2, 0.25) is 5.02 Å². The molecule has 1 fully saturated rings. The van der Waals surface area contributed by atoms with Gasteiger partial charge in [-0.25, -0.2) is 0 Å². The summed E-state index contributed by atoms with van der Waals surface area (Å²) in [4.78, 5) is 13.9. The van der Waals surface area contributed by atoms with E-state index in [0.717, 1.165) is 30.6 Å². The third kappa shape index (κ3) is 4.20. The number of piperidine rings is 1. The van der Waals surface area contributed by atoms with Gasteiger partial charge in [-0.3, -0.25) is 9.69 Å². The first kappa shape index (κ1) is 14.3. The maximum absolute atomic E-state index is 12.0. The lowest BCUT2D eigenvalue weighted by Crippen LogP contribution is -2.42. The van der Waals surface area contributed by atoms with Gasteiger partial charge >= 0.3 is 0 Å². The van der Waals surface area contributed by atoms with Crippen LogP contribution in [0.4, 0.5) is 5.69 Å². The molecule has 0 aliphatic carbocycles. The van der Waals surface area contributed by atoms with Crippen molar-refractivity contribution in [3.8, 4) is 0 Å². The molecule has 19 heavy (non-hydrogen) atoms. The number of nitrogens with zero attached hydrogens (tertiary/aromatic N) is 1. The third-order valence-electron chi connectivity index (χ3n) is 3.32. The number of likely N-dealkylation sites (tertiary alicyclic amines) is 1. The molecule has 1 aliphatic heterocycles. The van der Waals surface area contributed by atoms with Crippen molar-refractivity contribution in [2.24, 2.45) is 0 Å². The molecule has 0 aromatic heterocycles. The third-order valence-corrected chi connectivity index (χ3v) is 3.56. The Morgan fingerprint density at radius 2 is 2.37 bits per heavy atom. The SMILES string of the molecule is Cc1ccc(Cl)cc1NC(=O)CN1CCCC(O)C1. The molecule has 5 heteroatoms. The highest BCUT2D eigenvalue weighted by Crippen LogP contribution is 2.20. The normalized spacial score (nSPS) is 20.3. The Hall–Kier alpha value is -1.10. The maximum Gasteiger partial charge on any atom is 0.238 e. The Bertz CT molecular complexity index is 465. The quantitative estimate of drug-likeness (QED) is 0.892. The number of rotatable bonds is 3. The number of halogens is 1. The van der Waals surface area contributed by atoms with Crippen molar-refractivity contribution in [1.82, 2.24) is 4.90 Å². The second kappa shape index (κ2) is 6.37. The molecule has 0 spiro atoms. The fraction of sp³-hybridized carbons (Fsp3) is 0.500. The Morgan fingerprint density at radius 3 is 3.11 bits per heavy atom. The van der Waals surface area contributed by atoms with Gasteiger partial charge in [0.25, 0.3) is 0 Å². The van der Waals surface area contributed by atoms with Crippen LogP contribution in [-0.2, 0) is 4.79 Å². The maximum atomic E-state index is 12.0. The summed E-state index contributed by atoms with van der Waals surface area (Å²) in [5.74, 6) is -0.0699. The monoisotopic (exact) mass is 282 g/mol. The van der Waals surface area contributed by atoms with Crippen molar-refractivity contribution >= 4 is 23.2 Å². The number of carbonyl (C=O) groups excluding carboxylic acids is 1. The first-order chi connectivity index (χ1) is 9.04. The number of nitrogens with one attached hydrogen (secondary N) is 1. The molecule has 1 aromatic carbocycles. The van der Waals surface area contributed by atoms with E-state index < -0.39 is 0 Å². The highest BCUT2D eigenvalue weighted by molar-refractivity contribution is 6.31. The van der Waals surface area contributed by atoms with Crippen molar-refractivity contribution in [1.29, 1.82) is 0 Å². The van der Waals surface area contributed by atoms with E-state index in [9.17, 15) is 9.90 Å². The molecule has 1 aromatic rings. The molecule has 0 radical (unpaired) electrons. The summed E-state index contributed by atoms with van der Waals surface area (Å²) in [7, 11) is 0. The molecule has 1 aliphatic rings. The van der Waals surface area contributed by atoms with Crippen LogP contribution in [-0.4, -0.2) is 41.7 Å². The van der Waals surface area contributed by atoms with Gasteiger partial charge in [-0.1, -0.05) is 17.7 Å². The Labute approximate surface area is 118 Å². The number of β-amino-alcohol motifs (C(OH)–C–C–N with tert-alkyl or cyclic N) is 1. The van der Waals surface area contributed by atoms with Gasteiger partial charge in [0.2, 0.25) is 5.91 Å². The topological polar surface area (TPSA) is 52.6 Å². The van der Waals surface area contributed by atoms with Crippen LogP contribution in [0.25, 0.3) is 0 Å². The number of aliphatic hydroxyl groups is 1. The minimum absolute atomic E-state index is 0.0699. The smallest absolute Gasteiger partial charge is 0.238 e. The van der Waals surface area contributed by atoms with E-state index in [1.807, 2.05) is 17.9 Å². The number of aliphatic hydroxyl groups excluding tert-OH is 1. The van der Waals surface area contributed by atoms with Gasteiger partial charge in [0.1, 0.15) is 0 Å². The van der Waals surface area contributed by atoms with E-state index in [-0.39, 0.29) is 12.0 Å². The van der Waals surface area contributed by atoms with Crippen LogP contribution >= 0.6 is 11.6 Å². The summed E-state index contributed by atoms with van der Waals surface area (Å²) in [6.07, 6.45) is 1.45. The van der Waals surface area contributed by atoms with Crippen molar-refractivity contribution < 1.29 is 9.90 Å². The average molecular weight is 283 g/mol. The van der Waals surface area contributed by atoms with Gasteiger partial charge < -0.3 is 10.4 Å². The van der Waals surface area contributed by atoms with Gasteiger partial charge in [-0.05, 0) is 44.0 Å². The number of aryl methyl sites for hydroxylation is 1. The first-order valence-electron chi connectivity index (χ1n) is 6.51. The van der Waals surface area contributed by atoms with Crippen molar-refractivity contribution in [3.63, 3.8) is 0 Å². The summed E-state index contributed by atoms with van der Waals surface area (Å²) in [6.45, 7) is 3.67. The standard InChI is InChI=1S/C14H19ClN2O2/c1-10-4-5-11(15)7-13(10)16-14(19)9-17-6-2-3-12(18)8-17/h4-5,7,12,18H,2-3,6,8-9H2,1H3,(H,16,19). The Morgan fingerprint density at radius 1 is 1.58 bits per heavy atom. The van der Waals surface area contributed by atoms with E-state index in [1.54, 1.807) is 12.1 Å². The number of benzene rings is 1. The highest BCUT2D eigenvalue weighted by atomic mass is 35.5. The Balaban J connectivity index is 1.92. The van der Waals surface area contributed by atoms with Crippen LogP contribution < -0.4 is 5.32 Å². The van der Waals surface area contributed by atoms with Crippen molar-refractivity contribution in [2.45, 2.75) is 25.9 Å². The predicted molar refractivity (Wildman–Crippen MR) is 76.5 cm³/mol. The van der Waals surface area contributed by atoms with Gasteiger partial charge in [0.05, 0.1) is 12.6 Å². The van der Waals surface area contributed by atoms with Gasteiger partial charge in [-0.2, -0.15) is 0 Å². The molecule has 0 saturated carbocycles. The fourth-order valence-electron chi connectivity index (χ4n) is 2.30. The molecule has 1 atom stereocenters. The summed E-state index contributed by atoms with van der Waals surface area (Å²) in [6, 6.07) is 5.43. The molecule has 1 amide bonds. The Kier molecular flexibility index (Phi) is 4.80. The summed E-state index contributed by atoms with van der Waals surface area (Å²) < 4.78 is 0. The number of hydrogen-bond donors (Lipinski definition) is 2. The van der Waals surface area contributed by atoms with Crippen LogP contribution in [0.3, 0.4) is 0 Å². The highest BCUT2D eigenvalue weighted by Gasteiger charge is 2.19. The zero-order valence-corrected chi connectivity index (χ0v) is 11.8. The average Bonchev–Trinajstić information content (AvgIpc) is 2.34. The minimum Gasteiger partial charge on any atom is -0.392 e. The first-order valence-corrected chi connectivity index (χ1v) is 6.89. The molecule has 104 valence electrons. The van der Waals surface area contributed by atoms with E-state index in [1.165, 1.54) is 0 Å². The lowest BCUT2D eigenvalue weighted by molar-refractivity contribution is -0.118. The van der Waals surface area contributed by atoms with Crippen LogP contribution in [0, 0.1) is 6.92 Å². The van der Waals surface area contributed by atoms with E-state index in [0.29, 0.717) is 18.1 Å². The molecule has 1 unspecified atom stereocenters. The molecule has 0 bridgehead atoms.